The molecule has 0 saturated carbocycles. The number of nitro benzene ring substituents is 1. The van der Waals surface area contributed by atoms with Crippen molar-refractivity contribution >= 4 is 46.0 Å². The maximum absolute atomic E-state index is 12.6. The summed E-state index contributed by atoms with van der Waals surface area (Å²) in [6.45, 7) is 0.351. The topological polar surface area (TPSA) is 83.7 Å². The summed E-state index contributed by atoms with van der Waals surface area (Å²) in [5.74, 6) is -0.427. The number of carbonyl (C=O) groups excluding carboxylic acids is 1. The Bertz CT molecular complexity index is 897. The van der Waals surface area contributed by atoms with Crippen LogP contribution in [-0.2, 0) is 11.3 Å². The lowest BCUT2D eigenvalue weighted by molar-refractivity contribution is -0.384. The average molecular weight is 372 g/mol. The molecule has 1 fully saturated rings. The number of rotatable bonds is 4. The number of phenols is 1. The molecule has 1 aliphatic heterocycles. The van der Waals surface area contributed by atoms with E-state index in [1.807, 2.05) is 30.3 Å². The first-order valence-electron chi connectivity index (χ1n) is 7.22. The number of hydrogen-bond donors (Lipinski definition) is 1. The number of thiocarbonyl (C=S) groups is 1. The van der Waals surface area contributed by atoms with Crippen molar-refractivity contribution in [3.05, 3.63) is 74.7 Å². The van der Waals surface area contributed by atoms with Crippen molar-refractivity contribution in [1.29, 1.82) is 0 Å². The highest BCUT2D eigenvalue weighted by Crippen LogP contribution is 2.35. The van der Waals surface area contributed by atoms with Gasteiger partial charge in [0.15, 0.2) is 0 Å². The summed E-state index contributed by atoms with van der Waals surface area (Å²) in [4.78, 5) is 24.7. The van der Waals surface area contributed by atoms with Gasteiger partial charge in [-0.1, -0.05) is 54.3 Å². The molecule has 1 heterocycles. The van der Waals surface area contributed by atoms with Gasteiger partial charge in [-0.05, 0) is 17.7 Å². The number of nitrogens with zero attached hydrogens (tertiary/aromatic N) is 2. The number of thioether (sulfide) groups is 1. The van der Waals surface area contributed by atoms with E-state index in [1.165, 1.54) is 29.2 Å². The highest BCUT2D eigenvalue weighted by atomic mass is 32.2. The van der Waals surface area contributed by atoms with Gasteiger partial charge in [0, 0.05) is 17.7 Å². The average Bonchev–Trinajstić information content (AvgIpc) is 2.85. The summed E-state index contributed by atoms with van der Waals surface area (Å²) in [5.41, 5.74) is 0.983. The molecular formula is C17H12N2O4S2. The molecule has 1 saturated heterocycles. The Kier molecular flexibility index (Phi) is 4.82. The molecule has 1 N–H and O–H groups in total. The summed E-state index contributed by atoms with van der Waals surface area (Å²) >= 11 is 6.37. The number of non-ortho nitro benzene ring substituents is 1. The fourth-order valence-electron chi connectivity index (χ4n) is 2.31. The zero-order valence-corrected chi connectivity index (χ0v) is 14.4. The lowest BCUT2D eigenvalue weighted by atomic mass is 10.1. The highest BCUT2D eigenvalue weighted by Gasteiger charge is 2.32. The predicted molar refractivity (Wildman–Crippen MR) is 99.9 cm³/mol. The zero-order valence-electron chi connectivity index (χ0n) is 12.8. The molecule has 3 rings (SSSR count). The molecule has 2 aromatic rings. The van der Waals surface area contributed by atoms with Crippen LogP contribution in [0.2, 0.25) is 0 Å². The summed E-state index contributed by atoms with van der Waals surface area (Å²) in [6.07, 6.45) is 1.42. The third-order valence-corrected chi connectivity index (χ3v) is 4.94. The molecule has 2 aromatic carbocycles. The van der Waals surface area contributed by atoms with Gasteiger partial charge in [0.1, 0.15) is 10.1 Å². The second kappa shape index (κ2) is 7.04. The van der Waals surface area contributed by atoms with Crippen LogP contribution in [0.4, 0.5) is 5.69 Å². The first kappa shape index (κ1) is 17.1. The van der Waals surface area contributed by atoms with Crippen molar-refractivity contribution in [3.63, 3.8) is 0 Å². The van der Waals surface area contributed by atoms with Crippen molar-refractivity contribution < 1.29 is 14.8 Å². The van der Waals surface area contributed by atoms with Crippen molar-refractivity contribution in [2.75, 3.05) is 0 Å². The van der Waals surface area contributed by atoms with E-state index in [1.54, 1.807) is 0 Å². The minimum Gasteiger partial charge on any atom is -0.507 e. The van der Waals surface area contributed by atoms with E-state index in [4.69, 9.17) is 12.2 Å². The Morgan fingerprint density at radius 2 is 1.96 bits per heavy atom. The Morgan fingerprint density at radius 1 is 1.24 bits per heavy atom. The van der Waals surface area contributed by atoms with Crippen molar-refractivity contribution in [2.45, 2.75) is 6.54 Å². The van der Waals surface area contributed by atoms with Crippen molar-refractivity contribution in [3.8, 4) is 5.75 Å². The SMILES string of the molecule is O=C1C(=Cc2cc([N+](=O)[O-])ccc2O)SC(=S)N1Cc1ccccc1. The van der Waals surface area contributed by atoms with Crippen LogP contribution < -0.4 is 0 Å². The standard InChI is InChI=1S/C17H12N2O4S2/c20-14-7-6-13(19(22)23)8-12(14)9-15-16(21)18(17(24)25-15)10-11-4-2-1-3-5-11/h1-9,20H,10H2. The number of nitro groups is 1. The van der Waals surface area contributed by atoms with Crippen LogP contribution >= 0.6 is 24.0 Å². The van der Waals surface area contributed by atoms with E-state index in [2.05, 4.69) is 0 Å². The maximum atomic E-state index is 12.6. The van der Waals surface area contributed by atoms with Crippen molar-refractivity contribution in [2.24, 2.45) is 0 Å². The highest BCUT2D eigenvalue weighted by molar-refractivity contribution is 8.26. The fraction of sp³-hybridized carbons (Fsp3) is 0.0588. The molecule has 0 atom stereocenters. The van der Waals surface area contributed by atoms with E-state index in [-0.39, 0.29) is 22.9 Å². The smallest absolute Gasteiger partial charge is 0.270 e. The molecule has 0 radical (unpaired) electrons. The van der Waals surface area contributed by atoms with Crippen molar-refractivity contribution in [1.82, 2.24) is 4.90 Å². The third kappa shape index (κ3) is 3.70. The molecule has 25 heavy (non-hydrogen) atoms. The van der Waals surface area contributed by atoms with Gasteiger partial charge in [-0.3, -0.25) is 19.8 Å². The summed E-state index contributed by atoms with van der Waals surface area (Å²) in [7, 11) is 0. The minimum absolute atomic E-state index is 0.140. The minimum atomic E-state index is -0.558. The fourth-order valence-corrected chi connectivity index (χ4v) is 3.56. The maximum Gasteiger partial charge on any atom is 0.270 e. The summed E-state index contributed by atoms with van der Waals surface area (Å²) < 4.78 is 0.407. The lowest BCUT2D eigenvalue weighted by Gasteiger charge is -2.14. The van der Waals surface area contributed by atoms with Crippen LogP contribution in [0.25, 0.3) is 6.08 Å². The number of phenolic OH excluding ortho intramolecular Hbond substituents is 1. The van der Waals surface area contributed by atoms with E-state index < -0.39 is 4.92 Å². The van der Waals surface area contributed by atoms with E-state index >= 15 is 0 Å². The van der Waals surface area contributed by atoms with Crippen LogP contribution in [0.3, 0.4) is 0 Å². The summed E-state index contributed by atoms with van der Waals surface area (Å²) in [5, 5.41) is 20.8. The molecule has 1 amide bonds. The van der Waals surface area contributed by atoms with Crippen LogP contribution in [0.1, 0.15) is 11.1 Å². The molecule has 8 heteroatoms. The number of amides is 1. The second-order valence-corrected chi connectivity index (χ2v) is 6.93. The molecule has 6 nitrogen and oxygen atoms in total. The molecule has 0 bridgehead atoms. The van der Waals surface area contributed by atoms with E-state index in [0.29, 0.717) is 15.8 Å². The van der Waals surface area contributed by atoms with Crippen LogP contribution in [0.5, 0.6) is 5.75 Å². The van der Waals surface area contributed by atoms with Gasteiger partial charge in [0.25, 0.3) is 11.6 Å². The van der Waals surface area contributed by atoms with Crippen LogP contribution in [0.15, 0.2) is 53.4 Å². The van der Waals surface area contributed by atoms with Gasteiger partial charge in [-0.2, -0.15) is 0 Å². The largest absolute Gasteiger partial charge is 0.507 e. The van der Waals surface area contributed by atoms with E-state index in [9.17, 15) is 20.0 Å². The Labute approximate surface area is 152 Å². The molecule has 0 aliphatic carbocycles. The first-order chi connectivity index (χ1) is 12.0. The molecular weight excluding hydrogens is 360 g/mol. The number of hydrogen-bond acceptors (Lipinski definition) is 6. The van der Waals surface area contributed by atoms with Gasteiger partial charge in [-0.25, -0.2) is 0 Å². The molecule has 0 aromatic heterocycles. The molecule has 0 spiro atoms. The van der Waals surface area contributed by atoms with Gasteiger partial charge >= 0.3 is 0 Å². The monoisotopic (exact) mass is 372 g/mol. The zero-order chi connectivity index (χ0) is 18.0. The predicted octanol–water partition coefficient (Wildman–Crippen LogP) is 3.70. The molecule has 126 valence electrons. The third-order valence-electron chi connectivity index (χ3n) is 3.57. The van der Waals surface area contributed by atoms with Crippen LogP contribution in [-0.4, -0.2) is 25.2 Å². The van der Waals surface area contributed by atoms with Gasteiger partial charge in [-0.15, -0.1) is 0 Å². The lowest BCUT2D eigenvalue weighted by Crippen LogP contribution is -2.27. The number of benzene rings is 2. The first-order valence-corrected chi connectivity index (χ1v) is 8.45. The summed E-state index contributed by atoms with van der Waals surface area (Å²) in [6, 6.07) is 13.1. The van der Waals surface area contributed by atoms with Crippen LogP contribution in [0, 0.1) is 10.1 Å². The van der Waals surface area contributed by atoms with E-state index in [0.717, 1.165) is 17.3 Å². The number of carbonyl (C=O) groups is 1. The molecule has 1 aliphatic rings. The Hall–Kier alpha value is -2.71. The quantitative estimate of drug-likeness (QED) is 0.381. The Morgan fingerprint density at radius 3 is 2.64 bits per heavy atom. The Balaban J connectivity index is 1.88. The van der Waals surface area contributed by atoms with Gasteiger partial charge in [0.05, 0.1) is 16.4 Å². The van der Waals surface area contributed by atoms with Gasteiger partial charge in [0.2, 0.25) is 0 Å². The molecule has 0 unspecified atom stereocenters. The second-order valence-electron chi connectivity index (χ2n) is 5.25. The van der Waals surface area contributed by atoms with Gasteiger partial charge < -0.3 is 5.11 Å². The number of aromatic hydroxyl groups is 1. The normalized spacial score (nSPS) is 15.8.